The molecule has 0 radical (unpaired) electrons. The average molecular weight is 883 g/mol. The average Bonchev–Trinajstić information content (AvgIpc) is 3.64. The molecule has 67 heavy (non-hydrogen) atoms. The fourth-order valence-corrected chi connectivity index (χ4v) is 12.4. The van der Waals surface area contributed by atoms with Crippen molar-refractivity contribution in [3.05, 3.63) is 148 Å². The molecule has 0 saturated carbocycles. The number of nitrogens with zero attached hydrogens (tertiary/aromatic N) is 2. The summed E-state index contributed by atoms with van der Waals surface area (Å²) in [6.45, 7) is 35.8. The second-order valence-corrected chi connectivity index (χ2v) is 25.7. The zero-order chi connectivity index (χ0) is 47.5. The molecule has 0 spiro atoms. The summed E-state index contributed by atoms with van der Waals surface area (Å²) in [7, 11) is 0. The lowest BCUT2D eigenvalue weighted by atomic mass is 9.35. The van der Waals surface area contributed by atoms with Crippen LogP contribution in [0, 0.1) is 6.92 Å². The molecule has 2 aliphatic carbocycles. The number of furan rings is 1. The summed E-state index contributed by atoms with van der Waals surface area (Å²) < 4.78 is 7.62. The monoisotopic (exact) mass is 883 g/mol. The van der Waals surface area contributed by atoms with Crippen LogP contribution in [0.4, 0.5) is 34.1 Å². The number of hydrogen-bond acceptors (Lipinski definition) is 3. The Hall–Kier alpha value is -5.48. The van der Waals surface area contributed by atoms with E-state index in [-0.39, 0.29) is 39.2 Å². The molecular formula is C63H71BN2O. The number of hydrogen-bond donors (Lipinski definition) is 0. The maximum absolute atomic E-state index is 7.62. The topological polar surface area (TPSA) is 19.6 Å². The third-order valence-corrected chi connectivity index (χ3v) is 16.9. The van der Waals surface area contributed by atoms with Crippen LogP contribution < -0.4 is 26.4 Å². The van der Waals surface area contributed by atoms with Crippen LogP contribution in [-0.2, 0) is 32.5 Å². The minimum absolute atomic E-state index is 0.0185. The quantitative estimate of drug-likeness (QED) is 0.165. The van der Waals surface area contributed by atoms with E-state index in [1.54, 1.807) is 0 Å². The van der Waals surface area contributed by atoms with Crippen LogP contribution >= 0.6 is 0 Å². The fourth-order valence-electron chi connectivity index (χ4n) is 12.4. The first-order valence-electron chi connectivity index (χ1n) is 25.2. The Morgan fingerprint density at radius 3 is 1.72 bits per heavy atom. The molecular weight excluding hydrogens is 812 g/mol. The third kappa shape index (κ3) is 6.73. The molecule has 342 valence electrons. The molecule has 11 rings (SSSR count). The van der Waals surface area contributed by atoms with Gasteiger partial charge in [-0.25, -0.2) is 0 Å². The highest BCUT2D eigenvalue weighted by molar-refractivity contribution is 7.00. The van der Waals surface area contributed by atoms with Crippen molar-refractivity contribution in [1.82, 2.24) is 0 Å². The molecule has 3 heterocycles. The molecule has 0 fully saturated rings. The minimum Gasteiger partial charge on any atom is -0.468 e. The summed E-state index contributed by atoms with van der Waals surface area (Å²) in [5.41, 5.74) is 24.1. The molecule has 2 aliphatic heterocycles. The molecule has 0 N–H and O–H groups in total. The molecule has 0 bridgehead atoms. The van der Waals surface area contributed by atoms with E-state index < -0.39 is 0 Å². The first-order chi connectivity index (χ1) is 31.4. The molecule has 0 unspecified atom stereocenters. The van der Waals surface area contributed by atoms with Gasteiger partial charge >= 0.3 is 0 Å². The van der Waals surface area contributed by atoms with Gasteiger partial charge in [-0.1, -0.05) is 152 Å². The summed E-state index contributed by atoms with van der Waals surface area (Å²) in [5.74, 6) is 0. The Labute approximate surface area is 402 Å². The minimum atomic E-state index is -0.140. The summed E-state index contributed by atoms with van der Waals surface area (Å²) in [6, 6.07) is 43.0. The van der Waals surface area contributed by atoms with Gasteiger partial charge in [0.1, 0.15) is 5.58 Å². The van der Waals surface area contributed by atoms with Gasteiger partial charge < -0.3 is 14.2 Å². The van der Waals surface area contributed by atoms with E-state index in [2.05, 4.69) is 223 Å². The molecule has 4 heteroatoms. The lowest BCUT2D eigenvalue weighted by Crippen LogP contribution is -2.61. The highest BCUT2D eigenvalue weighted by Crippen LogP contribution is 2.54. The second kappa shape index (κ2) is 14.3. The van der Waals surface area contributed by atoms with Gasteiger partial charge in [-0.15, -0.1) is 0 Å². The number of fused-ring (bicyclic) bond motifs is 8. The lowest BCUT2D eigenvalue weighted by Gasteiger charge is -2.45. The van der Waals surface area contributed by atoms with Crippen LogP contribution in [0.25, 0.3) is 22.1 Å². The molecule has 7 aromatic rings. The third-order valence-electron chi connectivity index (χ3n) is 16.9. The van der Waals surface area contributed by atoms with E-state index in [4.69, 9.17) is 4.42 Å². The molecule has 6 aromatic carbocycles. The SMILES string of the molecule is Cc1ccc2c(c1)N(c1ccc(C(C)(C)C)cc1-c1ccccc1)c1cc(C(C)(C)C)cc3c1B2c1oc2cc4c(cc2c1N3c1ccc2c(c1)C(C)(C)CCC2(C)C)C(C)(C)CCC4(C)C. The van der Waals surface area contributed by atoms with Gasteiger partial charge in [0.05, 0.1) is 17.0 Å². The highest BCUT2D eigenvalue weighted by Gasteiger charge is 2.49. The Morgan fingerprint density at radius 1 is 0.507 bits per heavy atom. The van der Waals surface area contributed by atoms with Gasteiger partial charge in [-0.3, -0.25) is 0 Å². The summed E-state index contributed by atoms with van der Waals surface area (Å²) in [4.78, 5) is 5.27. The largest absolute Gasteiger partial charge is 0.468 e. The van der Waals surface area contributed by atoms with Crippen molar-refractivity contribution in [3.63, 3.8) is 0 Å². The molecule has 0 atom stereocenters. The van der Waals surface area contributed by atoms with Crippen molar-refractivity contribution < 1.29 is 4.42 Å². The number of anilines is 6. The van der Waals surface area contributed by atoms with Crippen LogP contribution in [0.3, 0.4) is 0 Å². The predicted octanol–water partition coefficient (Wildman–Crippen LogP) is 15.8. The predicted molar refractivity (Wildman–Crippen MR) is 288 cm³/mol. The fraction of sp³-hybridized carbons (Fsp3) is 0.397. The Morgan fingerprint density at radius 2 is 1.09 bits per heavy atom. The first-order valence-corrected chi connectivity index (χ1v) is 25.2. The van der Waals surface area contributed by atoms with Crippen LogP contribution in [0.15, 0.2) is 114 Å². The van der Waals surface area contributed by atoms with E-state index in [9.17, 15) is 0 Å². The molecule has 4 aliphatic rings. The zero-order valence-electron chi connectivity index (χ0n) is 43.1. The molecule has 3 nitrogen and oxygen atoms in total. The van der Waals surface area contributed by atoms with Crippen molar-refractivity contribution in [2.45, 2.75) is 162 Å². The van der Waals surface area contributed by atoms with Crippen molar-refractivity contribution in [1.29, 1.82) is 0 Å². The summed E-state index contributed by atoms with van der Waals surface area (Å²) in [6.07, 6.45) is 4.66. The maximum atomic E-state index is 7.62. The van der Waals surface area contributed by atoms with Crippen LogP contribution in [0.5, 0.6) is 0 Å². The molecule has 0 amide bonds. The van der Waals surface area contributed by atoms with Gasteiger partial charge in [-0.05, 0) is 175 Å². The van der Waals surface area contributed by atoms with Gasteiger partial charge in [-0.2, -0.15) is 0 Å². The number of aryl methyl sites for hydroxylation is 1. The van der Waals surface area contributed by atoms with Gasteiger partial charge in [0, 0.05) is 33.7 Å². The Balaban J connectivity index is 1.29. The Bertz CT molecular complexity index is 3180. The van der Waals surface area contributed by atoms with E-state index in [0.29, 0.717) is 0 Å². The normalized spacial score (nSPS) is 18.5. The molecule has 1 aromatic heterocycles. The second-order valence-electron chi connectivity index (χ2n) is 25.7. The smallest absolute Gasteiger partial charge is 0.297 e. The van der Waals surface area contributed by atoms with E-state index in [0.717, 1.165) is 30.5 Å². The zero-order valence-corrected chi connectivity index (χ0v) is 43.1. The van der Waals surface area contributed by atoms with Crippen LogP contribution in [0.1, 0.15) is 162 Å². The summed E-state index contributed by atoms with van der Waals surface area (Å²) >= 11 is 0. The van der Waals surface area contributed by atoms with Crippen molar-refractivity contribution in [2.75, 3.05) is 9.80 Å². The first kappa shape index (κ1) is 44.1. The van der Waals surface area contributed by atoms with Crippen molar-refractivity contribution >= 4 is 68.4 Å². The van der Waals surface area contributed by atoms with Gasteiger partial charge in [0.2, 0.25) is 0 Å². The van der Waals surface area contributed by atoms with Crippen molar-refractivity contribution in [3.8, 4) is 11.1 Å². The standard InChI is InChI=1S/C63H71BN2O/c1-38-21-25-49-51(31-38)66(50-26-22-40(58(2,3)4)32-43(50)39-19-17-16-18-20-39)53-34-41(59(5,6)7)33-52-55(53)64(49)57-56(44-36-47-48(37-54(44)67-57)63(14,15)30-29-62(47,12)13)65(52)42-23-24-45-46(35-42)61(10,11)28-27-60(45,8)9/h16-26,31-37H,27-30H2,1-15H3. The van der Waals surface area contributed by atoms with Gasteiger partial charge in [0.25, 0.3) is 6.71 Å². The van der Waals surface area contributed by atoms with Gasteiger partial charge in [0.15, 0.2) is 0 Å². The van der Waals surface area contributed by atoms with E-state index in [1.165, 1.54) is 107 Å². The van der Waals surface area contributed by atoms with Crippen molar-refractivity contribution in [2.24, 2.45) is 0 Å². The highest BCUT2D eigenvalue weighted by atomic mass is 16.3. The maximum Gasteiger partial charge on any atom is 0.297 e. The summed E-state index contributed by atoms with van der Waals surface area (Å²) in [5, 5.41) is 1.21. The lowest BCUT2D eigenvalue weighted by molar-refractivity contribution is 0.332. The van der Waals surface area contributed by atoms with E-state index in [1.807, 2.05) is 0 Å². The Kier molecular flexibility index (Phi) is 9.39. The number of rotatable bonds is 3. The molecule has 0 saturated heterocycles. The number of benzene rings is 6. The van der Waals surface area contributed by atoms with Crippen LogP contribution in [0.2, 0.25) is 0 Å². The van der Waals surface area contributed by atoms with Crippen LogP contribution in [-0.4, -0.2) is 6.71 Å². The van der Waals surface area contributed by atoms with E-state index >= 15 is 0 Å².